The molecular formula is C54H69N7O11. The van der Waals surface area contributed by atoms with Crippen molar-refractivity contribution in [2.75, 3.05) is 32.6 Å². The maximum absolute atomic E-state index is 15.2. The van der Waals surface area contributed by atoms with Crippen LogP contribution >= 0.6 is 0 Å². The third-order valence-corrected chi connectivity index (χ3v) is 12.2. The van der Waals surface area contributed by atoms with Crippen molar-refractivity contribution in [3.05, 3.63) is 88.2 Å². The topological polar surface area (TPSA) is 259 Å². The molecule has 4 bridgehead atoms. The van der Waals surface area contributed by atoms with Crippen molar-refractivity contribution in [1.29, 1.82) is 0 Å². The number of benzene rings is 3. The van der Waals surface area contributed by atoms with Crippen molar-refractivity contribution in [3.63, 3.8) is 0 Å². The third kappa shape index (κ3) is 13.9. The number of nitrogens with zero attached hydrogens (tertiary/aromatic N) is 3. The maximum atomic E-state index is 15.2. The number of alkyl carbamates (subject to hydrolysis) is 1. The van der Waals surface area contributed by atoms with E-state index in [-0.39, 0.29) is 71.5 Å². The molecule has 0 fully saturated rings. The van der Waals surface area contributed by atoms with Crippen LogP contribution in [0.25, 0.3) is 22.5 Å². The Balaban J connectivity index is 1.63. The molecule has 18 nitrogen and oxygen atoms in total. The number of nitrogens with two attached hydrogens (primary N) is 1. The second kappa shape index (κ2) is 23.2. The molecule has 1 aromatic heterocycles. The minimum Gasteiger partial charge on any atom is -0.505 e. The van der Waals surface area contributed by atoms with Gasteiger partial charge in [-0.1, -0.05) is 65.0 Å². The van der Waals surface area contributed by atoms with E-state index in [0.717, 1.165) is 18.2 Å². The molecule has 2 heterocycles. The number of likely N-dealkylation sites (N-methyl/N-ethyl adjacent to an activating group) is 1. The van der Waals surface area contributed by atoms with Crippen LogP contribution < -0.4 is 26.4 Å². The van der Waals surface area contributed by atoms with E-state index in [1.807, 2.05) is 31.2 Å². The van der Waals surface area contributed by atoms with Gasteiger partial charge < -0.3 is 45.9 Å². The normalized spacial score (nSPS) is 16.6. The Labute approximate surface area is 421 Å². The number of phenolic OH excluding ortho intramolecular Hbond substituents is 1. The van der Waals surface area contributed by atoms with Crippen molar-refractivity contribution in [2.24, 2.45) is 17.6 Å². The number of fused-ring (bicyclic) bond motifs is 5. The summed E-state index contributed by atoms with van der Waals surface area (Å²) < 4.78 is 16.6. The van der Waals surface area contributed by atoms with Crippen molar-refractivity contribution in [2.45, 2.75) is 124 Å². The third-order valence-electron chi connectivity index (χ3n) is 12.2. The lowest BCUT2D eigenvalue weighted by Gasteiger charge is -2.32. The van der Waals surface area contributed by atoms with Gasteiger partial charge in [0.1, 0.15) is 29.2 Å². The Bertz CT molecular complexity index is 2680. The van der Waals surface area contributed by atoms with E-state index >= 15 is 4.79 Å². The smallest absolute Gasteiger partial charge is 0.407 e. The molecule has 1 aliphatic heterocycles. The van der Waals surface area contributed by atoms with E-state index < -0.39 is 83.2 Å². The molecule has 4 aromatic rings. The number of carbonyl (C=O) groups excluding carboxylic acids is 7. The van der Waals surface area contributed by atoms with Crippen LogP contribution in [0.4, 0.5) is 15.3 Å². The van der Waals surface area contributed by atoms with Crippen LogP contribution in [0.3, 0.4) is 0 Å². The summed E-state index contributed by atoms with van der Waals surface area (Å²) in [5, 5.41) is 19.5. The van der Waals surface area contributed by atoms with Gasteiger partial charge in [0.25, 0.3) is 0 Å². The summed E-state index contributed by atoms with van der Waals surface area (Å²) in [6, 6.07) is 11.9. The van der Waals surface area contributed by atoms with E-state index in [1.54, 1.807) is 58.9 Å². The molecule has 0 saturated heterocycles. The molecule has 0 radical (unpaired) electrons. The van der Waals surface area contributed by atoms with Gasteiger partial charge in [-0.05, 0) is 93.8 Å². The first-order valence-corrected chi connectivity index (χ1v) is 24.1. The number of amides is 5. The monoisotopic (exact) mass is 992 g/mol. The minimum absolute atomic E-state index is 0.0642. The highest BCUT2D eigenvalue weighted by Crippen LogP contribution is 2.44. The van der Waals surface area contributed by atoms with Crippen LogP contribution in [-0.4, -0.2) is 100 Å². The number of rotatable bonds is 14. The Morgan fingerprint density at radius 3 is 2.17 bits per heavy atom. The minimum atomic E-state index is -1.41. The summed E-state index contributed by atoms with van der Waals surface area (Å²) in [6.07, 6.45) is -1.13. The number of hydrogen-bond acceptors (Lipinski definition) is 13. The van der Waals surface area contributed by atoms with Crippen molar-refractivity contribution >= 4 is 47.2 Å². The van der Waals surface area contributed by atoms with Gasteiger partial charge in [-0.25, -0.2) is 24.4 Å². The number of carbonyl (C=O) groups is 7. The lowest BCUT2D eigenvalue weighted by Crippen LogP contribution is -2.46. The highest BCUT2D eigenvalue weighted by atomic mass is 16.6. The molecule has 3 aromatic carbocycles. The Hall–Kier alpha value is -7.37. The summed E-state index contributed by atoms with van der Waals surface area (Å²) in [7, 11) is 2.57. The van der Waals surface area contributed by atoms with Crippen LogP contribution in [0, 0.1) is 25.7 Å². The summed E-state index contributed by atoms with van der Waals surface area (Å²) in [4.78, 5) is 107. The number of aromatic hydroxyl groups is 1. The molecule has 0 spiro atoms. The first kappa shape index (κ1) is 55.6. The molecule has 4 atom stereocenters. The fraction of sp³-hybridized carbons (Fsp3) is 0.463. The van der Waals surface area contributed by atoms with Crippen molar-refractivity contribution in [3.8, 4) is 34.0 Å². The molecule has 18 heteroatoms. The fourth-order valence-corrected chi connectivity index (χ4v) is 8.61. The number of hydrogen-bond donors (Lipinski definition) is 5. The van der Waals surface area contributed by atoms with Gasteiger partial charge in [-0.15, -0.1) is 0 Å². The second-order valence-corrected chi connectivity index (χ2v) is 20.3. The van der Waals surface area contributed by atoms with Crippen molar-refractivity contribution in [1.82, 2.24) is 25.5 Å². The zero-order valence-corrected chi connectivity index (χ0v) is 43.4. The van der Waals surface area contributed by atoms with Gasteiger partial charge >= 0.3 is 18.1 Å². The predicted molar refractivity (Wildman–Crippen MR) is 271 cm³/mol. The highest BCUT2D eigenvalue weighted by Gasteiger charge is 2.37. The average molecular weight is 992 g/mol. The van der Waals surface area contributed by atoms with E-state index in [9.17, 15) is 33.9 Å². The molecule has 386 valence electrons. The molecule has 0 unspecified atom stereocenters. The zero-order valence-electron chi connectivity index (χ0n) is 43.4. The molecule has 1 aliphatic rings. The van der Waals surface area contributed by atoms with Gasteiger partial charge in [0, 0.05) is 61.4 Å². The Morgan fingerprint density at radius 2 is 1.58 bits per heavy atom. The molecule has 5 rings (SSSR count). The van der Waals surface area contributed by atoms with Crippen LogP contribution in [0.2, 0.25) is 0 Å². The molecule has 72 heavy (non-hydrogen) atoms. The summed E-state index contributed by atoms with van der Waals surface area (Å²) in [5.41, 5.74) is 8.40. The number of esters is 1. The fourth-order valence-electron chi connectivity index (χ4n) is 8.61. The van der Waals surface area contributed by atoms with Gasteiger partial charge in [0.2, 0.25) is 11.8 Å². The second-order valence-electron chi connectivity index (χ2n) is 20.3. The number of anilines is 1. The maximum Gasteiger partial charge on any atom is 0.407 e. The molecule has 0 aliphatic carbocycles. The molecule has 0 saturated carbocycles. The summed E-state index contributed by atoms with van der Waals surface area (Å²) in [5.74, 6) is -5.04. The van der Waals surface area contributed by atoms with Crippen LogP contribution in [0.15, 0.2) is 54.6 Å². The lowest BCUT2D eigenvalue weighted by atomic mass is 9.86. The zero-order chi connectivity index (χ0) is 53.4. The van der Waals surface area contributed by atoms with Crippen molar-refractivity contribution < 1.29 is 52.9 Å². The standard InChI is InChI=1S/C54H69N7O11/c1-13-22-71-43-19-16-34-27-37(43)38-24-32(25-39(46(38)64)60-51(55)68)26-40(50(67)70-12)59-48(65)29(2)23-42(63)45(34)61(11)49(66)35(20-21-56-52(69)72-54(8,9)10)28-41(62)44-30(3)57-47(58-31(44)4)33-14-17-36(18-15-33)53(5,6)7/h14-19,24-25,27,29,35,40,45,64H,13,20-23,26,28H2,1-12H3,(H,56,69)(H,59,65)(H3,55,60,68)/t29-,35-,40+,45+/m1/s1. The van der Waals surface area contributed by atoms with E-state index in [4.69, 9.17) is 29.9 Å². The summed E-state index contributed by atoms with van der Waals surface area (Å²) in [6.45, 7) is 18.4. The molecule has 6 N–H and O–H groups in total. The Kier molecular flexibility index (Phi) is 17.9. The SMILES string of the molecule is CCCOc1ccc2cc1-c1cc(cc(NC(N)=O)c1O)C[C@@H](C(=O)OC)NC(=O)[C@H](C)CC(=O)[C@H]2N(C)C(=O)[C@H](CCNC(=O)OC(C)(C)C)CC(=O)c1c(C)nc(-c2ccc(C(C)(C)C)cc2)nc1C. The van der Waals surface area contributed by atoms with Gasteiger partial charge in [0.05, 0.1) is 36.4 Å². The van der Waals surface area contributed by atoms with Gasteiger partial charge in [-0.2, -0.15) is 0 Å². The molecule has 5 amide bonds. The van der Waals surface area contributed by atoms with E-state index in [1.165, 1.54) is 24.9 Å². The average Bonchev–Trinajstić information content (AvgIpc) is 3.29. The number of phenols is 1. The van der Waals surface area contributed by atoms with Gasteiger partial charge in [-0.3, -0.25) is 19.2 Å². The first-order chi connectivity index (χ1) is 33.7. The molecular weight excluding hydrogens is 923 g/mol. The van der Waals surface area contributed by atoms with Gasteiger partial charge in [0.15, 0.2) is 17.4 Å². The number of ether oxygens (including phenoxy) is 3. The predicted octanol–water partition coefficient (Wildman–Crippen LogP) is 7.82. The van der Waals surface area contributed by atoms with E-state index in [2.05, 4.69) is 36.7 Å². The largest absolute Gasteiger partial charge is 0.505 e. The van der Waals surface area contributed by atoms with Crippen LogP contribution in [-0.2, 0) is 40.5 Å². The number of Topliss-reactive ketones (excluding diaryl/α,β-unsaturated/α-hetero) is 2. The lowest BCUT2D eigenvalue weighted by molar-refractivity contribution is -0.146. The summed E-state index contributed by atoms with van der Waals surface area (Å²) >= 11 is 0. The highest BCUT2D eigenvalue weighted by molar-refractivity contribution is 6.01. The number of ketones is 2. The number of urea groups is 1. The van der Waals surface area contributed by atoms with Crippen LogP contribution in [0.5, 0.6) is 11.5 Å². The number of methoxy groups -OCH3 is 1. The van der Waals surface area contributed by atoms with Crippen LogP contribution in [0.1, 0.15) is 126 Å². The first-order valence-electron chi connectivity index (χ1n) is 24.1. The quantitative estimate of drug-likeness (QED) is 0.0459. The number of aromatic nitrogens is 2. The Morgan fingerprint density at radius 1 is 0.931 bits per heavy atom. The number of aryl methyl sites for hydroxylation is 2. The number of primary amides is 1. The van der Waals surface area contributed by atoms with E-state index in [0.29, 0.717) is 29.2 Å². The number of nitrogens with one attached hydrogen (secondary N) is 3.